The van der Waals surface area contributed by atoms with Crippen LogP contribution in [0.2, 0.25) is 5.02 Å². The fourth-order valence-corrected chi connectivity index (χ4v) is 3.62. The van der Waals surface area contributed by atoms with E-state index in [0.717, 1.165) is 10.2 Å². The first-order chi connectivity index (χ1) is 11.6. The lowest BCUT2D eigenvalue weighted by molar-refractivity contribution is 0.0995. The molecule has 2 aromatic carbocycles. The first kappa shape index (κ1) is 16.5. The van der Waals surface area contributed by atoms with Gasteiger partial charge in [-0.25, -0.2) is 0 Å². The Morgan fingerprint density at radius 1 is 1.38 bits per heavy atom. The Bertz CT molecular complexity index is 988. The Hall–Kier alpha value is -2.37. The molecule has 0 radical (unpaired) electrons. The van der Waals surface area contributed by atoms with Crippen LogP contribution in [0.5, 0.6) is 5.75 Å². The molecule has 3 rings (SSSR count). The summed E-state index contributed by atoms with van der Waals surface area (Å²) in [5.74, 6) is 0.0586. The number of ether oxygens (including phenoxy) is 1. The Morgan fingerprint density at radius 2 is 2.17 bits per heavy atom. The maximum absolute atomic E-state index is 12.6. The number of hydrogen-bond donors (Lipinski definition) is 0. The largest absolute Gasteiger partial charge is 0.496 e. The van der Waals surface area contributed by atoms with E-state index in [2.05, 4.69) is 11.6 Å². The molecule has 0 bridgehead atoms. The second-order valence-electron chi connectivity index (χ2n) is 5.01. The number of methoxy groups -OCH3 is 1. The number of fused-ring (bicyclic) bond motifs is 1. The Morgan fingerprint density at radius 3 is 2.92 bits per heavy atom. The number of amides is 1. The molecular weight excluding hydrogens is 344 g/mol. The van der Waals surface area contributed by atoms with Crippen LogP contribution in [-0.4, -0.2) is 17.6 Å². The molecule has 0 N–H and O–H groups in total. The topological polar surface area (TPSA) is 43.6 Å². The van der Waals surface area contributed by atoms with Crippen molar-refractivity contribution in [3.05, 3.63) is 70.5 Å². The number of hydrogen-bond acceptors (Lipinski definition) is 3. The van der Waals surface area contributed by atoms with Crippen LogP contribution < -0.4 is 9.54 Å². The molecule has 1 heterocycles. The minimum atomic E-state index is -0.390. The number of benzene rings is 2. The van der Waals surface area contributed by atoms with Gasteiger partial charge in [0, 0.05) is 11.6 Å². The van der Waals surface area contributed by atoms with Crippen molar-refractivity contribution in [1.82, 2.24) is 4.57 Å². The lowest BCUT2D eigenvalue weighted by Crippen LogP contribution is -2.16. The smallest absolute Gasteiger partial charge is 0.283 e. The van der Waals surface area contributed by atoms with Crippen molar-refractivity contribution in [2.45, 2.75) is 6.54 Å². The number of nitrogens with zero attached hydrogens (tertiary/aromatic N) is 2. The number of rotatable bonds is 4. The van der Waals surface area contributed by atoms with Gasteiger partial charge in [0.1, 0.15) is 5.75 Å². The van der Waals surface area contributed by atoms with Crippen molar-refractivity contribution < 1.29 is 9.53 Å². The highest BCUT2D eigenvalue weighted by molar-refractivity contribution is 7.16. The predicted molar refractivity (Wildman–Crippen MR) is 97.9 cm³/mol. The summed E-state index contributed by atoms with van der Waals surface area (Å²) in [5, 5.41) is 0.463. The van der Waals surface area contributed by atoms with Gasteiger partial charge in [-0.15, -0.1) is 6.58 Å². The Labute approximate surface area is 148 Å². The molecular formula is C18H15ClN2O2S. The summed E-state index contributed by atoms with van der Waals surface area (Å²) in [6, 6.07) is 12.8. The third kappa shape index (κ3) is 3.13. The minimum Gasteiger partial charge on any atom is -0.496 e. The van der Waals surface area contributed by atoms with Gasteiger partial charge in [0.25, 0.3) is 5.91 Å². The molecule has 0 saturated carbocycles. The van der Waals surface area contributed by atoms with E-state index in [9.17, 15) is 4.79 Å². The van der Waals surface area contributed by atoms with E-state index in [1.165, 1.54) is 18.4 Å². The molecule has 0 spiro atoms. The van der Waals surface area contributed by atoms with Crippen molar-refractivity contribution in [2.75, 3.05) is 7.11 Å². The SMILES string of the molecule is C=CCn1c(=NC(=O)c2cc(Cl)ccc2OC)sc2ccccc21. The second-order valence-corrected chi connectivity index (χ2v) is 6.46. The van der Waals surface area contributed by atoms with Crippen molar-refractivity contribution in [2.24, 2.45) is 4.99 Å². The fourth-order valence-electron chi connectivity index (χ4n) is 2.41. The zero-order valence-corrected chi connectivity index (χ0v) is 14.6. The molecule has 0 saturated heterocycles. The Kier molecular flexibility index (Phi) is 4.83. The zero-order chi connectivity index (χ0) is 17.1. The third-order valence-corrected chi connectivity index (χ3v) is 4.78. The molecule has 0 atom stereocenters. The molecule has 24 heavy (non-hydrogen) atoms. The maximum atomic E-state index is 12.6. The molecule has 0 unspecified atom stereocenters. The maximum Gasteiger partial charge on any atom is 0.283 e. The van der Waals surface area contributed by atoms with E-state index in [-0.39, 0.29) is 0 Å². The lowest BCUT2D eigenvalue weighted by atomic mass is 10.2. The minimum absolute atomic E-state index is 0.340. The van der Waals surface area contributed by atoms with Crippen molar-refractivity contribution in [1.29, 1.82) is 0 Å². The first-order valence-electron chi connectivity index (χ1n) is 7.26. The van der Waals surface area contributed by atoms with E-state index in [1.807, 2.05) is 28.8 Å². The van der Waals surface area contributed by atoms with Crippen LogP contribution in [-0.2, 0) is 6.54 Å². The van der Waals surface area contributed by atoms with E-state index in [4.69, 9.17) is 16.3 Å². The van der Waals surface area contributed by atoms with Gasteiger partial charge in [0.2, 0.25) is 0 Å². The summed E-state index contributed by atoms with van der Waals surface area (Å²) in [6.07, 6.45) is 1.78. The summed E-state index contributed by atoms with van der Waals surface area (Å²) in [5.41, 5.74) is 1.36. The molecule has 0 aliphatic heterocycles. The van der Waals surface area contributed by atoms with Gasteiger partial charge in [0.15, 0.2) is 4.80 Å². The van der Waals surface area contributed by atoms with Gasteiger partial charge in [-0.3, -0.25) is 4.79 Å². The number of aromatic nitrogens is 1. The van der Waals surface area contributed by atoms with Gasteiger partial charge < -0.3 is 9.30 Å². The summed E-state index contributed by atoms with van der Waals surface area (Å²) in [6.45, 7) is 4.35. The number of allylic oxidation sites excluding steroid dienone is 1. The van der Waals surface area contributed by atoms with Crippen LogP contribution in [0.4, 0.5) is 0 Å². The molecule has 1 aromatic heterocycles. The predicted octanol–water partition coefficient (Wildman–Crippen LogP) is 4.29. The molecule has 4 nitrogen and oxygen atoms in total. The summed E-state index contributed by atoms with van der Waals surface area (Å²) in [4.78, 5) is 17.5. The normalized spacial score (nSPS) is 11.7. The summed E-state index contributed by atoms with van der Waals surface area (Å²) < 4.78 is 8.26. The van der Waals surface area contributed by atoms with Crippen LogP contribution in [0.25, 0.3) is 10.2 Å². The van der Waals surface area contributed by atoms with Crippen LogP contribution in [0.1, 0.15) is 10.4 Å². The molecule has 0 aliphatic rings. The average molecular weight is 359 g/mol. The first-order valence-corrected chi connectivity index (χ1v) is 8.45. The zero-order valence-electron chi connectivity index (χ0n) is 13.0. The van der Waals surface area contributed by atoms with Gasteiger partial charge in [-0.2, -0.15) is 4.99 Å². The fraction of sp³-hybridized carbons (Fsp3) is 0.111. The molecule has 0 aliphatic carbocycles. The van der Waals surface area contributed by atoms with E-state index >= 15 is 0 Å². The lowest BCUT2D eigenvalue weighted by Gasteiger charge is -2.05. The quantitative estimate of drug-likeness (QED) is 0.653. The highest BCUT2D eigenvalue weighted by atomic mass is 35.5. The highest BCUT2D eigenvalue weighted by Gasteiger charge is 2.13. The average Bonchev–Trinajstić information content (AvgIpc) is 2.93. The summed E-state index contributed by atoms with van der Waals surface area (Å²) in [7, 11) is 1.51. The second kappa shape index (κ2) is 7.03. The van der Waals surface area contributed by atoms with Crippen LogP contribution in [0.15, 0.2) is 60.1 Å². The number of carbonyl (C=O) groups is 1. The number of thiazole rings is 1. The molecule has 3 aromatic rings. The standard InChI is InChI=1S/C18H15ClN2O2S/c1-3-10-21-14-6-4-5-7-16(14)24-18(21)20-17(22)13-11-12(19)8-9-15(13)23-2/h3-9,11H,1,10H2,2H3. The van der Waals surface area contributed by atoms with Crippen LogP contribution >= 0.6 is 22.9 Å². The van der Waals surface area contributed by atoms with E-state index < -0.39 is 5.91 Å². The van der Waals surface area contributed by atoms with Crippen molar-refractivity contribution in [3.63, 3.8) is 0 Å². The van der Waals surface area contributed by atoms with Gasteiger partial charge in [0.05, 0.1) is 22.9 Å². The van der Waals surface area contributed by atoms with E-state index in [0.29, 0.717) is 27.7 Å². The van der Waals surface area contributed by atoms with Crippen LogP contribution in [0, 0.1) is 0 Å². The third-order valence-electron chi connectivity index (χ3n) is 3.49. The molecule has 0 fully saturated rings. The van der Waals surface area contributed by atoms with Gasteiger partial charge in [-0.1, -0.05) is 41.1 Å². The number of para-hydroxylation sites is 1. The summed E-state index contributed by atoms with van der Waals surface area (Å²) >= 11 is 7.46. The van der Waals surface area contributed by atoms with Gasteiger partial charge in [-0.05, 0) is 30.3 Å². The van der Waals surface area contributed by atoms with Crippen LogP contribution in [0.3, 0.4) is 0 Å². The van der Waals surface area contributed by atoms with Crippen molar-refractivity contribution in [3.8, 4) is 5.75 Å². The highest BCUT2D eigenvalue weighted by Crippen LogP contribution is 2.23. The van der Waals surface area contributed by atoms with Gasteiger partial charge >= 0.3 is 0 Å². The molecule has 1 amide bonds. The van der Waals surface area contributed by atoms with Crippen molar-refractivity contribution >= 4 is 39.1 Å². The monoisotopic (exact) mass is 358 g/mol. The number of carbonyl (C=O) groups excluding carboxylic acids is 1. The molecule has 122 valence electrons. The molecule has 6 heteroatoms. The Balaban J connectivity index is 2.16. The van der Waals surface area contributed by atoms with E-state index in [1.54, 1.807) is 24.3 Å². The number of halogens is 1.